The van der Waals surface area contributed by atoms with Crippen LogP contribution >= 0.6 is 23.2 Å². The van der Waals surface area contributed by atoms with Crippen molar-refractivity contribution in [2.45, 2.75) is 6.92 Å². The molecule has 100 valence electrons. The van der Waals surface area contributed by atoms with Crippen LogP contribution in [0, 0.1) is 5.92 Å². The van der Waals surface area contributed by atoms with Gasteiger partial charge in [0.2, 0.25) is 0 Å². The number of hydrogen-bond donors (Lipinski definition) is 0. The molecule has 2 rings (SSSR count). The van der Waals surface area contributed by atoms with Crippen LogP contribution in [0.3, 0.4) is 0 Å². The summed E-state index contributed by atoms with van der Waals surface area (Å²) < 4.78 is 4.80. The number of rotatable bonds is 3. The SMILES string of the molecule is CCOC(=O)C1C=NN(c2ccc(Cl)cc2Cl)C1=O. The highest BCUT2D eigenvalue weighted by Crippen LogP contribution is 2.31. The summed E-state index contributed by atoms with van der Waals surface area (Å²) in [6.07, 6.45) is 1.24. The highest BCUT2D eigenvalue weighted by molar-refractivity contribution is 6.37. The Kier molecular flexibility index (Phi) is 4.07. The zero-order valence-electron chi connectivity index (χ0n) is 9.97. The predicted octanol–water partition coefficient (Wildman–Crippen LogP) is 2.51. The molecule has 0 aliphatic carbocycles. The van der Waals surface area contributed by atoms with Crippen molar-refractivity contribution in [1.82, 2.24) is 0 Å². The van der Waals surface area contributed by atoms with Crippen LogP contribution in [0.5, 0.6) is 0 Å². The molecule has 0 saturated heterocycles. The van der Waals surface area contributed by atoms with E-state index >= 15 is 0 Å². The van der Waals surface area contributed by atoms with Crippen molar-refractivity contribution in [2.75, 3.05) is 11.6 Å². The number of ether oxygens (including phenoxy) is 1. The van der Waals surface area contributed by atoms with E-state index in [1.807, 2.05) is 0 Å². The van der Waals surface area contributed by atoms with E-state index in [1.165, 1.54) is 12.3 Å². The Morgan fingerprint density at radius 3 is 2.84 bits per heavy atom. The standard InChI is InChI=1S/C12H10Cl2N2O3/c1-2-19-12(18)8-6-15-16(11(8)17)10-4-3-7(13)5-9(10)14/h3-6,8H,2H2,1H3. The van der Waals surface area contributed by atoms with Gasteiger partial charge >= 0.3 is 5.97 Å². The number of anilines is 1. The number of hydrogen-bond acceptors (Lipinski definition) is 4. The van der Waals surface area contributed by atoms with Crippen molar-refractivity contribution in [3.05, 3.63) is 28.2 Å². The van der Waals surface area contributed by atoms with E-state index in [2.05, 4.69) is 5.10 Å². The van der Waals surface area contributed by atoms with Crippen LogP contribution < -0.4 is 5.01 Å². The van der Waals surface area contributed by atoms with Gasteiger partial charge in [-0.2, -0.15) is 10.1 Å². The summed E-state index contributed by atoms with van der Waals surface area (Å²) in [6.45, 7) is 1.88. The molecule has 1 atom stereocenters. The van der Waals surface area contributed by atoms with Crippen LogP contribution in [0.1, 0.15) is 6.92 Å². The molecule has 1 amide bonds. The molecule has 1 aliphatic heterocycles. The van der Waals surface area contributed by atoms with Crippen LogP contribution in [0.15, 0.2) is 23.3 Å². The minimum Gasteiger partial charge on any atom is -0.465 e. The summed E-state index contributed by atoms with van der Waals surface area (Å²) in [5.74, 6) is -2.14. The fourth-order valence-corrected chi connectivity index (χ4v) is 2.10. The normalized spacial score (nSPS) is 17.9. The molecule has 0 aromatic heterocycles. The molecule has 1 unspecified atom stereocenters. The third-order valence-electron chi connectivity index (χ3n) is 2.48. The van der Waals surface area contributed by atoms with Gasteiger partial charge in [0.25, 0.3) is 5.91 Å². The first kappa shape index (κ1) is 13.8. The van der Waals surface area contributed by atoms with Gasteiger partial charge in [-0.1, -0.05) is 23.2 Å². The molecule has 0 radical (unpaired) electrons. The maximum atomic E-state index is 12.1. The zero-order valence-corrected chi connectivity index (χ0v) is 11.5. The molecule has 0 fully saturated rings. The third-order valence-corrected chi connectivity index (χ3v) is 3.02. The molecular formula is C12H10Cl2N2O3. The number of hydrazone groups is 1. The van der Waals surface area contributed by atoms with Crippen molar-refractivity contribution in [3.8, 4) is 0 Å². The molecule has 5 nitrogen and oxygen atoms in total. The highest BCUT2D eigenvalue weighted by atomic mass is 35.5. The van der Waals surface area contributed by atoms with Gasteiger partial charge < -0.3 is 4.74 Å². The Bertz CT molecular complexity index is 560. The average molecular weight is 301 g/mol. The van der Waals surface area contributed by atoms with Gasteiger partial charge in [-0.3, -0.25) is 9.59 Å². The first-order chi connectivity index (χ1) is 9.04. The molecule has 1 aromatic rings. The molecule has 0 spiro atoms. The average Bonchev–Trinajstić information content (AvgIpc) is 2.72. The fourth-order valence-electron chi connectivity index (χ4n) is 1.61. The van der Waals surface area contributed by atoms with Crippen LogP contribution in [0.4, 0.5) is 5.69 Å². The summed E-state index contributed by atoms with van der Waals surface area (Å²) in [4.78, 5) is 23.6. The van der Waals surface area contributed by atoms with Gasteiger partial charge in [0, 0.05) is 11.2 Å². The van der Waals surface area contributed by atoms with Gasteiger partial charge in [-0.05, 0) is 25.1 Å². The summed E-state index contributed by atoms with van der Waals surface area (Å²) in [5.41, 5.74) is 0.374. The molecule has 1 aromatic carbocycles. The molecule has 1 heterocycles. The number of nitrogens with zero attached hydrogens (tertiary/aromatic N) is 2. The van der Waals surface area contributed by atoms with Gasteiger partial charge in [-0.25, -0.2) is 0 Å². The largest absolute Gasteiger partial charge is 0.465 e. The van der Waals surface area contributed by atoms with Gasteiger partial charge in [0.1, 0.15) is 0 Å². The van der Waals surface area contributed by atoms with E-state index in [4.69, 9.17) is 27.9 Å². The number of carbonyl (C=O) groups is 2. The van der Waals surface area contributed by atoms with Gasteiger partial charge in [0.05, 0.1) is 17.3 Å². The van der Waals surface area contributed by atoms with E-state index in [-0.39, 0.29) is 11.6 Å². The topological polar surface area (TPSA) is 59.0 Å². The van der Waals surface area contributed by atoms with E-state index in [0.717, 1.165) is 5.01 Å². The van der Waals surface area contributed by atoms with Crippen LogP contribution in [0.25, 0.3) is 0 Å². The second kappa shape index (κ2) is 5.59. The number of halogens is 2. The van der Waals surface area contributed by atoms with Crippen molar-refractivity contribution >= 4 is 47.0 Å². The lowest BCUT2D eigenvalue weighted by atomic mass is 10.1. The maximum Gasteiger partial charge on any atom is 0.324 e. The van der Waals surface area contributed by atoms with Crippen molar-refractivity contribution < 1.29 is 14.3 Å². The summed E-state index contributed by atoms with van der Waals surface area (Å²) in [7, 11) is 0. The molecule has 0 saturated carbocycles. The lowest BCUT2D eigenvalue weighted by molar-refractivity contribution is -0.147. The molecule has 19 heavy (non-hydrogen) atoms. The highest BCUT2D eigenvalue weighted by Gasteiger charge is 2.36. The number of amides is 1. The number of carbonyl (C=O) groups excluding carboxylic acids is 2. The van der Waals surface area contributed by atoms with Gasteiger partial charge in [0.15, 0.2) is 5.92 Å². The minimum atomic E-state index is -1.02. The molecular weight excluding hydrogens is 291 g/mol. The molecule has 1 aliphatic rings. The monoisotopic (exact) mass is 300 g/mol. The Hall–Kier alpha value is -1.59. The number of benzene rings is 1. The van der Waals surface area contributed by atoms with Crippen molar-refractivity contribution in [2.24, 2.45) is 11.0 Å². The second-order valence-electron chi connectivity index (χ2n) is 3.74. The van der Waals surface area contributed by atoms with Crippen molar-refractivity contribution in [3.63, 3.8) is 0 Å². The molecule has 0 N–H and O–H groups in total. The summed E-state index contributed by atoms with van der Waals surface area (Å²) in [5, 5.41) is 5.69. The van der Waals surface area contributed by atoms with E-state index in [9.17, 15) is 9.59 Å². The first-order valence-corrected chi connectivity index (χ1v) is 6.30. The maximum absolute atomic E-state index is 12.1. The predicted molar refractivity (Wildman–Crippen MR) is 72.6 cm³/mol. The van der Waals surface area contributed by atoms with E-state index < -0.39 is 17.8 Å². The van der Waals surface area contributed by atoms with Crippen LogP contribution in [0.2, 0.25) is 10.0 Å². The summed E-state index contributed by atoms with van der Waals surface area (Å²) >= 11 is 11.8. The molecule has 7 heteroatoms. The zero-order chi connectivity index (χ0) is 14.0. The Morgan fingerprint density at radius 2 is 2.21 bits per heavy atom. The first-order valence-electron chi connectivity index (χ1n) is 5.54. The smallest absolute Gasteiger partial charge is 0.324 e. The van der Waals surface area contributed by atoms with Crippen LogP contribution in [-0.2, 0) is 14.3 Å². The Morgan fingerprint density at radius 1 is 1.47 bits per heavy atom. The second-order valence-corrected chi connectivity index (χ2v) is 4.58. The lowest BCUT2D eigenvalue weighted by Gasteiger charge is -2.15. The van der Waals surface area contributed by atoms with E-state index in [1.54, 1.807) is 19.1 Å². The van der Waals surface area contributed by atoms with Crippen LogP contribution in [-0.4, -0.2) is 24.7 Å². The third kappa shape index (κ3) is 2.72. The Labute approximate surface area is 119 Å². The van der Waals surface area contributed by atoms with Gasteiger partial charge in [-0.15, -0.1) is 0 Å². The number of esters is 1. The summed E-state index contributed by atoms with van der Waals surface area (Å²) in [6, 6.07) is 4.65. The fraction of sp³-hybridized carbons (Fsp3) is 0.250. The quantitative estimate of drug-likeness (QED) is 0.636. The van der Waals surface area contributed by atoms with Crippen molar-refractivity contribution in [1.29, 1.82) is 0 Å². The Balaban J connectivity index is 2.23. The lowest BCUT2D eigenvalue weighted by Crippen LogP contribution is -2.32. The minimum absolute atomic E-state index is 0.207. The van der Waals surface area contributed by atoms with E-state index in [0.29, 0.717) is 10.7 Å². The molecule has 0 bridgehead atoms.